The lowest BCUT2D eigenvalue weighted by Gasteiger charge is -2.34. The molecule has 3 aromatic carbocycles. The van der Waals surface area contributed by atoms with Crippen molar-refractivity contribution in [3.63, 3.8) is 0 Å². The first-order valence-corrected chi connectivity index (χ1v) is 13.8. The van der Waals surface area contributed by atoms with Gasteiger partial charge in [-0.3, -0.25) is 0 Å². The lowest BCUT2D eigenvalue weighted by molar-refractivity contribution is -0.458. The van der Waals surface area contributed by atoms with Crippen molar-refractivity contribution in [2.75, 3.05) is 25.5 Å². The number of fused-ring (bicyclic) bond motifs is 1. The summed E-state index contributed by atoms with van der Waals surface area (Å²) in [6.45, 7) is 1.09. The second-order valence-corrected chi connectivity index (χ2v) is 11.0. The van der Waals surface area contributed by atoms with Gasteiger partial charge in [-0.25, -0.2) is 4.58 Å². The fraction of sp³-hybridized carbons (Fsp3) is 0.382. The van der Waals surface area contributed by atoms with Crippen LogP contribution in [0.25, 0.3) is 0 Å². The Hall–Kier alpha value is -3.13. The highest BCUT2D eigenvalue weighted by Gasteiger charge is 2.47. The fourth-order valence-corrected chi connectivity index (χ4v) is 6.51. The Bertz CT molecular complexity index is 1140. The Morgan fingerprint density at radius 1 is 0.806 bits per heavy atom. The molecule has 0 unspecified atom stereocenters. The summed E-state index contributed by atoms with van der Waals surface area (Å²) >= 11 is 0. The van der Waals surface area contributed by atoms with Gasteiger partial charge in [0.05, 0.1) is 0 Å². The zero-order chi connectivity index (χ0) is 24.8. The van der Waals surface area contributed by atoms with Gasteiger partial charge in [0.2, 0.25) is 0 Å². The van der Waals surface area contributed by atoms with Crippen LogP contribution in [0.1, 0.15) is 55.2 Å². The van der Waals surface area contributed by atoms with E-state index < -0.39 is 0 Å². The van der Waals surface area contributed by atoms with Crippen LogP contribution in [-0.2, 0) is 18.3 Å². The summed E-state index contributed by atoms with van der Waals surface area (Å²) in [5.41, 5.74) is 6.99. The third-order valence-electron chi connectivity index (χ3n) is 8.19. The van der Waals surface area contributed by atoms with Crippen molar-refractivity contribution in [1.82, 2.24) is 0 Å². The van der Waals surface area contributed by atoms with Crippen molar-refractivity contribution in [2.24, 2.45) is 5.92 Å². The van der Waals surface area contributed by atoms with E-state index in [0.717, 1.165) is 25.3 Å². The third-order valence-corrected chi connectivity index (χ3v) is 8.19. The zero-order valence-electron chi connectivity index (χ0n) is 22.1. The van der Waals surface area contributed by atoms with E-state index in [-0.39, 0.29) is 5.41 Å². The summed E-state index contributed by atoms with van der Waals surface area (Å²) in [6.07, 6.45) is 15.0. The number of hydrogen-bond acceptors (Lipinski definition) is 1. The van der Waals surface area contributed by atoms with Crippen LogP contribution in [-0.4, -0.2) is 31.4 Å². The molecule has 0 bridgehead atoms. The highest BCUT2D eigenvalue weighted by Crippen LogP contribution is 2.51. The quantitative estimate of drug-likeness (QED) is 0.229. The van der Waals surface area contributed by atoms with Crippen LogP contribution in [0.3, 0.4) is 0 Å². The van der Waals surface area contributed by atoms with E-state index in [9.17, 15) is 0 Å². The smallest absolute Gasteiger partial charge is 0.164 e. The summed E-state index contributed by atoms with van der Waals surface area (Å²) < 4.78 is 2.17. The van der Waals surface area contributed by atoms with Crippen molar-refractivity contribution >= 4 is 11.9 Å². The maximum atomic E-state index is 2.66. The molecule has 0 saturated heterocycles. The van der Waals surface area contributed by atoms with Gasteiger partial charge in [0.25, 0.3) is 0 Å². The minimum absolute atomic E-state index is 0.112. The van der Waals surface area contributed by atoms with E-state index in [0.29, 0.717) is 0 Å². The van der Waals surface area contributed by atoms with Gasteiger partial charge in [-0.1, -0.05) is 105 Å². The minimum Gasteiger partial charge on any atom is -0.344 e. The second-order valence-electron chi connectivity index (χ2n) is 11.0. The lowest BCUT2D eigenvalue weighted by atomic mass is 9.70. The molecule has 1 fully saturated rings. The largest absolute Gasteiger partial charge is 0.344 e. The molecule has 0 radical (unpaired) electrons. The number of allylic oxidation sites excluding steroid dienone is 2. The van der Waals surface area contributed by atoms with Crippen LogP contribution in [0.5, 0.6) is 0 Å². The monoisotopic (exact) mass is 477 g/mol. The normalized spacial score (nSPS) is 17.9. The van der Waals surface area contributed by atoms with E-state index in [1.54, 1.807) is 0 Å². The fourth-order valence-electron chi connectivity index (χ4n) is 6.51. The second kappa shape index (κ2) is 11.3. The lowest BCUT2D eigenvalue weighted by Crippen LogP contribution is -2.36. The number of para-hydroxylation sites is 1. The van der Waals surface area contributed by atoms with Crippen molar-refractivity contribution in [2.45, 2.75) is 56.8 Å². The molecule has 1 heterocycles. The van der Waals surface area contributed by atoms with Gasteiger partial charge in [-0.15, -0.1) is 0 Å². The highest BCUT2D eigenvalue weighted by molar-refractivity contribution is 5.78. The molecule has 2 heteroatoms. The summed E-state index contributed by atoms with van der Waals surface area (Å²) in [7, 11) is 4.25. The maximum Gasteiger partial charge on any atom is 0.164 e. The van der Waals surface area contributed by atoms with E-state index in [4.69, 9.17) is 0 Å². The maximum absolute atomic E-state index is 2.66. The average Bonchev–Trinajstić information content (AvgIpc) is 3.50. The molecule has 0 atom stereocenters. The van der Waals surface area contributed by atoms with Gasteiger partial charge in [0.1, 0.15) is 14.1 Å². The SMILES string of the molecule is C[N+](C)=CC=C1N(CCCC2CCCC2)c2ccccc2C1(Cc1ccccc1)Cc1ccccc1. The third kappa shape index (κ3) is 5.33. The van der Waals surface area contributed by atoms with E-state index in [1.807, 2.05) is 0 Å². The molecule has 0 aromatic heterocycles. The Balaban J connectivity index is 1.60. The first kappa shape index (κ1) is 24.6. The van der Waals surface area contributed by atoms with Gasteiger partial charge in [0, 0.05) is 29.4 Å². The van der Waals surface area contributed by atoms with Crippen molar-refractivity contribution < 1.29 is 4.58 Å². The summed E-state index contributed by atoms with van der Waals surface area (Å²) in [5, 5.41) is 0. The zero-order valence-corrected chi connectivity index (χ0v) is 22.1. The van der Waals surface area contributed by atoms with Gasteiger partial charge in [0.15, 0.2) is 6.21 Å². The van der Waals surface area contributed by atoms with Crippen LogP contribution < -0.4 is 4.90 Å². The molecule has 186 valence electrons. The molecule has 2 aliphatic rings. The highest BCUT2D eigenvalue weighted by atomic mass is 15.2. The Morgan fingerprint density at radius 3 is 2.00 bits per heavy atom. The first-order valence-electron chi connectivity index (χ1n) is 13.8. The number of benzene rings is 3. The van der Waals surface area contributed by atoms with Crippen molar-refractivity contribution in [1.29, 1.82) is 0 Å². The molecule has 1 saturated carbocycles. The molecular weight excluding hydrogens is 436 g/mol. The van der Waals surface area contributed by atoms with Gasteiger partial charge in [-0.05, 0) is 54.4 Å². The number of rotatable bonds is 9. The number of anilines is 1. The first-order chi connectivity index (χ1) is 17.7. The molecule has 0 spiro atoms. The molecule has 1 aliphatic carbocycles. The Labute approximate surface area is 218 Å². The van der Waals surface area contributed by atoms with E-state index >= 15 is 0 Å². The molecular formula is C34H41N2+. The van der Waals surface area contributed by atoms with Gasteiger partial charge >= 0.3 is 0 Å². The van der Waals surface area contributed by atoms with E-state index in [1.165, 1.54) is 66.6 Å². The summed E-state index contributed by atoms with van der Waals surface area (Å²) in [4.78, 5) is 2.66. The van der Waals surface area contributed by atoms with Gasteiger partial charge in [-0.2, -0.15) is 0 Å². The Kier molecular flexibility index (Phi) is 7.70. The van der Waals surface area contributed by atoms with Crippen LogP contribution >= 0.6 is 0 Å². The molecule has 0 N–H and O–H groups in total. The molecule has 3 aromatic rings. The predicted octanol–water partition coefficient (Wildman–Crippen LogP) is 7.43. The van der Waals surface area contributed by atoms with Crippen LogP contribution in [0.15, 0.2) is 96.7 Å². The molecule has 5 rings (SSSR count). The minimum atomic E-state index is -0.112. The van der Waals surface area contributed by atoms with Crippen LogP contribution in [0.4, 0.5) is 5.69 Å². The van der Waals surface area contributed by atoms with Crippen LogP contribution in [0.2, 0.25) is 0 Å². The van der Waals surface area contributed by atoms with E-state index in [2.05, 4.69) is 121 Å². The van der Waals surface area contributed by atoms with Crippen molar-refractivity contribution in [3.05, 3.63) is 113 Å². The van der Waals surface area contributed by atoms with Gasteiger partial charge < -0.3 is 4.90 Å². The van der Waals surface area contributed by atoms with Crippen LogP contribution in [0, 0.1) is 5.92 Å². The summed E-state index contributed by atoms with van der Waals surface area (Å²) in [5.74, 6) is 0.932. The molecule has 36 heavy (non-hydrogen) atoms. The topological polar surface area (TPSA) is 6.25 Å². The Morgan fingerprint density at radius 2 is 1.39 bits per heavy atom. The molecule has 1 aliphatic heterocycles. The standard InChI is InChI=1S/C34H41N2/c1-35(2)25-23-33-34(26-29-16-5-3-6-17-29,27-30-18-7-4-8-19-30)31-21-11-12-22-32(31)36(33)24-13-20-28-14-9-10-15-28/h3-8,11-12,16-19,21-23,25,28H,9-10,13-15,20,24,26-27H2,1-2H3/q+1. The van der Waals surface area contributed by atoms with Crippen molar-refractivity contribution in [3.8, 4) is 0 Å². The number of hydrogen-bond donors (Lipinski definition) is 0. The number of nitrogens with zero attached hydrogens (tertiary/aromatic N) is 2. The average molecular weight is 478 g/mol. The predicted molar refractivity (Wildman–Crippen MR) is 153 cm³/mol. The summed E-state index contributed by atoms with van der Waals surface area (Å²) in [6, 6.07) is 31.4. The molecule has 2 nitrogen and oxygen atoms in total. The molecule has 0 amide bonds.